The van der Waals surface area contributed by atoms with Gasteiger partial charge >= 0.3 is 0 Å². The maximum Gasteiger partial charge on any atom is 0.254 e. The molecule has 1 aromatic heterocycles. The van der Waals surface area contributed by atoms with Crippen LogP contribution in [0.5, 0.6) is 0 Å². The molecule has 0 radical (unpaired) electrons. The highest BCUT2D eigenvalue weighted by atomic mass is 32.2. The van der Waals surface area contributed by atoms with Crippen molar-refractivity contribution in [2.24, 2.45) is 0 Å². The third-order valence-electron chi connectivity index (χ3n) is 8.55. The molecule has 2 amide bonds. The molecule has 6 rings (SSSR count). The molecular weight excluding hydrogens is 591 g/mol. The summed E-state index contributed by atoms with van der Waals surface area (Å²) in [5, 5.41) is 9.95. The number of aryl methyl sites for hydroxylation is 2. The number of carbonyl (C=O) groups excluding carboxylic acids is 2. The number of thioether (sulfide) groups is 1. The van der Waals surface area contributed by atoms with Crippen LogP contribution in [0, 0.1) is 13.8 Å². The first-order valence-electron chi connectivity index (χ1n) is 15.8. The summed E-state index contributed by atoms with van der Waals surface area (Å²) in [6.07, 6.45) is 1.18. The number of hydrogen-bond acceptors (Lipinski definition) is 5. The third-order valence-corrected chi connectivity index (χ3v) is 9.56. The van der Waals surface area contributed by atoms with Gasteiger partial charge in [-0.05, 0) is 62.1 Å². The highest BCUT2D eigenvalue weighted by Gasteiger charge is 2.30. The molecule has 0 aliphatic carbocycles. The Morgan fingerprint density at radius 2 is 1.46 bits per heavy atom. The highest BCUT2D eigenvalue weighted by molar-refractivity contribution is 7.99. The van der Waals surface area contributed by atoms with E-state index in [4.69, 9.17) is 0 Å². The van der Waals surface area contributed by atoms with Gasteiger partial charge in [0.15, 0.2) is 11.0 Å². The minimum Gasteiger partial charge on any atom is -0.339 e. The van der Waals surface area contributed by atoms with E-state index in [1.165, 1.54) is 5.56 Å². The Balaban J connectivity index is 1.03. The summed E-state index contributed by atoms with van der Waals surface area (Å²) < 4.78 is 2.12. The Morgan fingerprint density at radius 1 is 0.783 bits per heavy atom. The Bertz CT molecular complexity index is 1800. The van der Waals surface area contributed by atoms with Gasteiger partial charge in [0.25, 0.3) is 5.91 Å². The second-order valence-corrected chi connectivity index (χ2v) is 12.9. The first kappa shape index (κ1) is 31.3. The number of nitrogens with zero attached hydrogens (tertiary/aromatic N) is 5. The largest absolute Gasteiger partial charge is 0.339 e. The normalized spacial score (nSPS) is 14.8. The topological polar surface area (TPSA) is 71.3 Å². The Kier molecular flexibility index (Phi) is 9.64. The van der Waals surface area contributed by atoms with Crippen LogP contribution in [0.25, 0.3) is 28.2 Å². The zero-order chi connectivity index (χ0) is 32.0. The summed E-state index contributed by atoms with van der Waals surface area (Å²) in [6, 6.07) is 34.5. The quantitative estimate of drug-likeness (QED) is 0.125. The zero-order valence-corrected chi connectivity index (χ0v) is 27.4. The van der Waals surface area contributed by atoms with Gasteiger partial charge in [-0.15, -0.1) is 10.2 Å². The van der Waals surface area contributed by atoms with Crippen LogP contribution >= 0.6 is 11.8 Å². The monoisotopic (exact) mass is 629 g/mol. The number of para-hydroxylation sites is 1. The average molecular weight is 630 g/mol. The Hall–Kier alpha value is -4.69. The van der Waals surface area contributed by atoms with Crippen molar-refractivity contribution in [2.75, 3.05) is 25.4 Å². The van der Waals surface area contributed by atoms with E-state index in [1.54, 1.807) is 11.8 Å². The first-order valence-corrected chi connectivity index (χ1v) is 16.8. The van der Waals surface area contributed by atoms with Crippen LogP contribution in [-0.4, -0.2) is 67.8 Å². The molecule has 1 unspecified atom stereocenters. The average Bonchev–Trinajstić information content (AvgIpc) is 3.50. The molecule has 1 atom stereocenters. The lowest BCUT2D eigenvalue weighted by Crippen LogP contribution is -2.55. The standard InChI is InChI=1S/C38H39N5O2S/c1-27-15-17-32(18-16-27)36-39-40-38(43(36)34-13-8-7-10-28(34)2)46-25-9-14-35(44)41-23-24-42(29(3)26-41)37(45)33-21-19-31(20-22-33)30-11-5-4-6-12-30/h4-8,10-13,15-22,29H,9,14,23-26H2,1-3H3. The summed E-state index contributed by atoms with van der Waals surface area (Å²) >= 11 is 1.63. The molecule has 0 saturated carbocycles. The fourth-order valence-corrected chi connectivity index (χ4v) is 6.80. The van der Waals surface area contributed by atoms with E-state index in [2.05, 4.69) is 77.1 Å². The lowest BCUT2D eigenvalue weighted by Gasteiger charge is -2.40. The van der Waals surface area contributed by atoms with Crippen molar-refractivity contribution in [1.82, 2.24) is 24.6 Å². The number of hydrogen-bond donors (Lipinski definition) is 0. The molecule has 1 fully saturated rings. The van der Waals surface area contributed by atoms with Crippen molar-refractivity contribution < 1.29 is 9.59 Å². The van der Waals surface area contributed by atoms with Gasteiger partial charge in [0, 0.05) is 49.0 Å². The lowest BCUT2D eigenvalue weighted by molar-refractivity contribution is -0.133. The lowest BCUT2D eigenvalue weighted by atomic mass is 10.0. The maximum atomic E-state index is 13.3. The van der Waals surface area contributed by atoms with Gasteiger partial charge in [-0.3, -0.25) is 14.2 Å². The number of aromatic nitrogens is 3. The van der Waals surface area contributed by atoms with E-state index in [0.717, 1.165) is 51.1 Å². The van der Waals surface area contributed by atoms with Crippen LogP contribution in [-0.2, 0) is 4.79 Å². The Morgan fingerprint density at radius 3 is 2.17 bits per heavy atom. The molecular formula is C38H39N5O2S. The van der Waals surface area contributed by atoms with E-state index < -0.39 is 0 Å². The third kappa shape index (κ3) is 6.92. The molecule has 1 aliphatic heterocycles. The minimum atomic E-state index is -0.0544. The van der Waals surface area contributed by atoms with E-state index in [0.29, 0.717) is 31.6 Å². The molecule has 8 heteroatoms. The molecule has 0 spiro atoms. The van der Waals surface area contributed by atoms with Crippen molar-refractivity contribution in [1.29, 1.82) is 0 Å². The molecule has 2 heterocycles. The second kappa shape index (κ2) is 14.2. The summed E-state index contributed by atoms with van der Waals surface area (Å²) in [4.78, 5) is 30.3. The zero-order valence-electron chi connectivity index (χ0n) is 26.6. The molecule has 1 aliphatic rings. The predicted molar refractivity (Wildman–Crippen MR) is 185 cm³/mol. The molecule has 0 N–H and O–H groups in total. The molecule has 1 saturated heterocycles. The van der Waals surface area contributed by atoms with Crippen molar-refractivity contribution in [3.8, 4) is 28.2 Å². The summed E-state index contributed by atoms with van der Waals surface area (Å²) in [7, 11) is 0. The summed E-state index contributed by atoms with van der Waals surface area (Å²) in [6.45, 7) is 7.81. The van der Waals surface area contributed by atoms with E-state index >= 15 is 0 Å². The van der Waals surface area contributed by atoms with Crippen molar-refractivity contribution in [3.63, 3.8) is 0 Å². The first-order chi connectivity index (χ1) is 22.4. The van der Waals surface area contributed by atoms with Crippen molar-refractivity contribution in [2.45, 2.75) is 44.8 Å². The van der Waals surface area contributed by atoms with Gasteiger partial charge in [0.1, 0.15) is 0 Å². The predicted octanol–water partition coefficient (Wildman–Crippen LogP) is 7.46. The minimum absolute atomic E-state index is 0.0124. The molecule has 5 aromatic rings. The molecule has 4 aromatic carbocycles. The van der Waals surface area contributed by atoms with Crippen LogP contribution in [0.3, 0.4) is 0 Å². The SMILES string of the molecule is Cc1ccc(-c2nnc(SCCCC(=O)N3CCN(C(=O)c4ccc(-c5ccccc5)cc4)C(C)C3)n2-c2ccccc2C)cc1. The number of rotatable bonds is 9. The van der Waals surface area contributed by atoms with E-state index in [9.17, 15) is 9.59 Å². The van der Waals surface area contributed by atoms with Crippen molar-refractivity contribution in [3.05, 3.63) is 120 Å². The number of piperazine rings is 1. The number of amides is 2. The van der Waals surface area contributed by atoms with Crippen LogP contribution in [0.4, 0.5) is 0 Å². The van der Waals surface area contributed by atoms with Gasteiger partial charge in [0.2, 0.25) is 5.91 Å². The van der Waals surface area contributed by atoms with E-state index in [-0.39, 0.29) is 17.9 Å². The van der Waals surface area contributed by atoms with Crippen LogP contribution in [0.2, 0.25) is 0 Å². The molecule has 7 nitrogen and oxygen atoms in total. The summed E-state index contributed by atoms with van der Waals surface area (Å²) in [5.41, 5.74) is 7.29. The van der Waals surface area contributed by atoms with Gasteiger partial charge < -0.3 is 9.80 Å². The van der Waals surface area contributed by atoms with Crippen molar-refractivity contribution >= 4 is 23.6 Å². The smallest absolute Gasteiger partial charge is 0.254 e. The maximum absolute atomic E-state index is 13.3. The van der Waals surface area contributed by atoms with Crippen LogP contribution < -0.4 is 0 Å². The van der Waals surface area contributed by atoms with Gasteiger partial charge in [0.05, 0.1) is 5.69 Å². The molecule has 46 heavy (non-hydrogen) atoms. The molecule has 234 valence electrons. The molecule has 0 bridgehead atoms. The fraction of sp³-hybridized carbons (Fsp3) is 0.263. The second-order valence-electron chi connectivity index (χ2n) is 11.9. The van der Waals surface area contributed by atoms with Gasteiger partial charge in [-0.1, -0.05) is 102 Å². The number of benzene rings is 4. The van der Waals surface area contributed by atoms with Crippen LogP contribution in [0.15, 0.2) is 108 Å². The van der Waals surface area contributed by atoms with E-state index in [1.807, 2.05) is 71.3 Å². The van der Waals surface area contributed by atoms with Crippen LogP contribution in [0.1, 0.15) is 41.3 Å². The highest BCUT2D eigenvalue weighted by Crippen LogP contribution is 2.30. The van der Waals surface area contributed by atoms with Gasteiger partial charge in [-0.25, -0.2) is 0 Å². The van der Waals surface area contributed by atoms with Gasteiger partial charge in [-0.2, -0.15) is 0 Å². The number of carbonyl (C=O) groups is 2. The Labute approximate surface area is 275 Å². The fourth-order valence-electron chi connectivity index (χ4n) is 5.92. The summed E-state index contributed by atoms with van der Waals surface area (Å²) in [5.74, 6) is 1.70.